The molecule has 1 amide bonds. The van der Waals surface area contributed by atoms with Crippen LogP contribution in [0.15, 0.2) is 44.3 Å². The summed E-state index contributed by atoms with van der Waals surface area (Å²) in [6, 6.07) is 8.73. The number of amides is 1. The average molecular weight is 351 g/mol. The molecule has 0 saturated heterocycles. The van der Waals surface area contributed by atoms with Crippen molar-refractivity contribution in [2.24, 2.45) is 0 Å². The van der Waals surface area contributed by atoms with Crippen molar-refractivity contribution in [1.29, 1.82) is 0 Å². The van der Waals surface area contributed by atoms with Crippen LogP contribution in [-0.2, 0) is 6.54 Å². The molecular formula is C19H17N3O4. The summed E-state index contributed by atoms with van der Waals surface area (Å²) in [6.07, 6.45) is 0. The van der Waals surface area contributed by atoms with Crippen LogP contribution in [-0.4, -0.2) is 5.91 Å². The number of carbonyl (C=O) groups is 1. The molecule has 3 N–H and O–H groups in total. The van der Waals surface area contributed by atoms with Crippen molar-refractivity contribution in [2.45, 2.75) is 26.4 Å². The second kappa shape index (κ2) is 5.87. The van der Waals surface area contributed by atoms with Crippen molar-refractivity contribution >= 4 is 23.0 Å². The van der Waals surface area contributed by atoms with E-state index in [1.807, 2.05) is 32.0 Å². The molecule has 0 unspecified atom stereocenters. The SMILES string of the molecule is Cc1ccc([C@@H](C)Nc2c(Nc3cccc4c3C(=O)NC4)c(=O)c2=O)o1. The molecule has 132 valence electrons. The van der Waals surface area contributed by atoms with E-state index < -0.39 is 10.9 Å². The van der Waals surface area contributed by atoms with Gasteiger partial charge in [-0.3, -0.25) is 14.4 Å². The number of nitrogens with one attached hydrogen (secondary N) is 3. The molecule has 0 radical (unpaired) electrons. The molecule has 26 heavy (non-hydrogen) atoms. The standard InChI is InChI=1S/C19H17N3O4/c1-9-6-7-13(26-9)10(2)21-15-16(18(24)17(15)23)22-12-5-3-4-11-8-20-19(25)14(11)12/h3-7,10,21-22H,8H2,1-2H3,(H,20,25)/t10-/m1/s1. The van der Waals surface area contributed by atoms with Crippen LogP contribution in [0.2, 0.25) is 0 Å². The van der Waals surface area contributed by atoms with Crippen molar-refractivity contribution in [3.63, 3.8) is 0 Å². The fourth-order valence-corrected chi connectivity index (χ4v) is 3.14. The van der Waals surface area contributed by atoms with Gasteiger partial charge in [0.15, 0.2) is 0 Å². The summed E-state index contributed by atoms with van der Waals surface area (Å²) in [5.41, 5.74) is 1.04. The Labute approximate surface area is 148 Å². The predicted octanol–water partition coefficient (Wildman–Crippen LogP) is 2.34. The van der Waals surface area contributed by atoms with Crippen molar-refractivity contribution in [3.8, 4) is 0 Å². The third-order valence-electron chi connectivity index (χ3n) is 4.54. The lowest BCUT2D eigenvalue weighted by Crippen LogP contribution is -2.37. The van der Waals surface area contributed by atoms with E-state index >= 15 is 0 Å². The highest BCUT2D eigenvalue weighted by Gasteiger charge is 2.27. The summed E-state index contributed by atoms with van der Waals surface area (Å²) in [7, 11) is 0. The molecule has 0 bridgehead atoms. The van der Waals surface area contributed by atoms with Gasteiger partial charge in [-0.05, 0) is 37.6 Å². The van der Waals surface area contributed by atoms with Gasteiger partial charge in [0.2, 0.25) is 0 Å². The van der Waals surface area contributed by atoms with Crippen molar-refractivity contribution in [1.82, 2.24) is 5.32 Å². The van der Waals surface area contributed by atoms with Gasteiger partial charge in [0.05, 0.1) is 17.3 Å². The second-order valence-electron chi connectivity index (χ2n) is 6.37. The van der Waals surface area contributed by atoms with Crippen LogP contribution in [0.3, 0.4) is 0 Å². The largest absolute Gasteiger partial charge is 0.464 e. The van der Waals surface area contributed by atoms with Crippen LogP contribution in [0.5, 0.6) is 0 Å². The number of rotatable bonds is 5. The number of benzene rings is 1. The van der Waals surface area contributed by atoms with E-state index in [0.29, 0.717) is 23.6 Å². The molecule has 1 atom stereocenters. The second-order valence-corrected chi connectivity index (χ2v) is 6.37. The first-order valence-electron chi connectivity index (χ1n) is 8.29. The molecule has 7 nitrogen and oxygen atoms in total. The first kappa shape index (κ1) is 16.1. The third kappa shape index (κ3) is 2.48. The molecule has 7 heteroatoms. The smallest absolute Gasteiger partial charge is 0.254 e. The van der Waals surface area contributed by atoms with Crippen LogP contribution in [0.1, 0.15) is 40.4 Å². The van der Waals surface area contributed by atoms with Gasteiger partial charge in [-0.2, -0.15) is 0 Å². The minimum atomic E-state index is -0.605. The highest BCUT2D eigenvalue weighted by molar-refractivity contribution is 6.04. The van der Waals surface area contributed by atoms with Gasteiger partial charge in [0.25, 0.3) is 16.8 Å². The van der Waals surface area contributed by atoms with Crippen LogP contribution in [0, 0.1) is 6.92 Å². The van der Waals surface area contributed by atoms with Gasteiger partial charge in [-0.15, -0.1) is 0 Å². The van der Waals surface area contributed by atoms with E-state index in [0.717, 1.165) is 11.3 Å². The summed E-state index contributed by atoms with van der Waals surface area (Å²) in [5, 5.41) is 8.73. The quantitative estimate of drug-likeness (QED) is 0.610. The monoisotopic (exact) mass is 351 g/mol. The van der Waals surface area contributed by atoms with Crippen LogP contribution < -0.4 is 26.8 Å². The molecule has 2 aromatic carbocycles. The van der Waals surface area contributed by atoms with Gasteiger partial charge in [-0.25, -0.2) is 0 Å². The number of aryl methyl sites for hydroxylation is 1. The fraction of sp³-hybridized carbons (Fsp3) is 0.211. The molecule has 3 aromatic rings. The zero-order valence-electron chi connectivity index (χ0n) is 14.3. The lowest BCUT2D eigenvalue weighted by Gasteiger charge is -2.19. The first-order chi connectivity index (χ1) is 12.5. The van der Waals surface area contributed by atoms with Gasteiger partial charge in [-0.1, -0.05) is 12.1 Å². The molecule has 1 aliphatic rings. The number of fused-ring (bicyclic) bond motifs is 1. The zero-order valence-corrected chi connectivity index (χ0v) is 14.3. The van der Waals surface area contributed by atoms with Crippen molar-refractivity contribution in [3.05, 3.63) is 73.4 Å². The Morgan fingerprint density at radius 1 is 1.08 bits per heavy atom. The molecule has 1 aliphatic heterocycles. The minimum absolute atomic E-state index is 0.165. The Kier molecular flexibility index (Phi) is 3.64. The van der Waals surface area contributed by atoms with E-state index in [4.69, 9.17) is 4.42 Å². The Balaban J connectivity index is 1.63. The van der Waals surface area contributed by atoms with Gasteiger partial charge < -0.3 is 20.4 Å². The lowest BCUT2D eigenvalue weighted by atomic mass is 10.1. The molecular weight excluding hydrogens is 334 g/mol. The molecule has 2 heterocycles. The van der Waals surface area contributed by atoms with Crippen LogP contribution in [0.25, 0.3) is 0 Å². The van der Waals surface area contributed by atoms with Gasteiger partial charge >= 0.3 is 0 Å². The zero-order chi connectivity index (χ0) is 18.4. The van der Waals surface area contributed by atoms with E-state index in [-0.39, 0.29) is 23.3 Å². The first-order valence-corrected chi connectivity index (χ1v) is 8.29. The Morgan fingerprint density at radius 2 is 1.85 bits per heavy atom. The molecule has 0 aliphatic carbocycles. The number of hydrogen-bond donors (Lipinski definition) is 3. The Morgan fingerprint density at radius 3 is 2.58 bits per heavy atom. The number of carbonyl (C=O) groups excluding carboxylic acids is 1. The third-order valence-corrected chi connectivity index (χ3v) is 4.54. The maximum atomic E-state index is 12.0. The highest BCUT2D eigenvalue weighted by atomic mass is 16.3. The number of hydrogen-bond acceptors (Lipinski definition) is 6. The predicted molar refractivity (Wildman–Crippen MR) is 97.7 cm³/mol. The van der Waals surface area contributed by atoms with E-state index in [2.05, 4.69) is 16.0 Å². The topological polar surface area (TPSA) is 100 Å². The maximum Gasteiger partial charge on any atom is 0.254 e. The molecule has 1 aromatic heterocycles. The summed E-state index contributed by atoms with van der Waals surface area (Å²) in [4.78, 5) is 36.1. The number of furan rings is 1. The molecule has 0 spiro atoms. The lowest BCUT2D eigenvalue weighted by molar-refractivity contribution is 0.0966. The van der Waals surface area contributed by atoms with E-state index in [1.165, 1.54) is 0 Å². The van der Waals surface area contributed by atoms with E-state index in [9.17, 15) is 14.4 Å². The van der Waals surface area contributed by atoms with Gasteiger partial charge in [0, 0.05) is 6.54 Å². The Hall–Kier alpha value is -3.35. The highest BCUT2D eigenvalue weighted by Crippen LogP contribution is 2.30. The van der Waals surface area contributed by atoms with Crippen LogP contribution in [0.4, 0.5) is 17.1 Å². The summed E-state index contributed by atoms with van der Waals surface area (Å²) >= 11 is 0. The fourth-order valence-electron chi connectivity index (χ4n) is 3.14. The minimum Gasteiger partial charge on any atom is -0.464 e. The molecule has 4 rings (SSSR count). The van der Waals surface area contributed by atoms with E-state index in [1.54, 1.807) is 12.1 Å². The van der Waals surface area contributed by atoms with Crippen molar-refractivity contribution in [2.75, 3.05) is 10.6 Å². The number of anilines is 3. The Bertz CT molecular complexity index is 1090. The van der Waals surface area contributed by atoms with Crippen LogP contribution >= 0.6 is 0 Å². The van der Waals surface area contributed by atoms with Gasteiger partial charge in [0.1, 0.15) is 22.9 Å². The molecule has 0 fully saturated rings. The maximum absolute atomic E-state index is 12.0. The summed E-state index contributed by atoms with van der Waals surface area (Å²) < 4.78 is 5.55. The molecule has 0 saturated carbocycles. The summed E-state index contributed by atoms with van der Waals surface area (Å²) in [5.74, 6) is 1.24. The average Bonchev–Trinajstić information content (AvgIpc) is 3.24. The summed E-state index contributed by atoms with van der Waals surface area (Å²) in [6.45, 7) is 4.13. The van der Waals surface area contributed by atoms with Crippen molar-refractivity contribution < 1.29 is 9.21 Å². The normalized spacial score (nSPS) is 14.2.